The Morgan fingerprint density at radius 3 is 2.77 bits per heavy atom. The van der Waals surface area contributed by atoms with Crippen LogP contribution in [0.2, 0.25) is 0 Å². The summed E-state index contributed by atoms with van der Waals surface area (Å²) in [7, 11) is 1.25. The number of nitrogens with zero attached hydrogens (tertiary/aromatic N) is 1. The van der Waals surface area contributed by atoms with Crippen LogP contribution in [0.3, 0.4) is 0 Å². The normalized spacial score (nSPS) is 10.7. The Morgan fingerprint density at radius 1 is 1.62 bits per heavy atom. The predicted molar refractivity (Wildman–Crippen MR) is 46.3 cm³/mol. The molecule has 0 fully saturated rings. The molecule has 0 N–H and O–H groups in total. The summed E-state index contributed by atoms with van der Waals surface area (Å²) in [6, 6.07) is 1.80. The SMILES string of the molecule is CCCC/C(=C/C#N)C(=O)OOC. The lowest BCUT2D eigenvalue weighted by Crippen LogP contribution is -2.07. The van der Waals surface area contributed by atoms with Crippen LogP contribution < -0.4 is 0 Å². The minimum Gasteiger partial charge on any atom is -0.293 e. The fourth-order valence-corrected chi connectivity index (χ4v) is 0.808. The standard InChI is InChI=1S/C9H13NO3/c1-3-4-5-8(6-7-10)9(11)13-12-2/h6H,3-5H2,1-2H3/b8-6-. The summed E-state index contributed by atoms with van der Waals surface area (Å²) in [5, 5.41) is 8.38. The van der Waals surface area contributed by atoms with Crippen LogP contribution in [0.5, 0.6) is 0 Å². The van der Waals surface area contributed by atoms with Gasteiger partial charge in [-0.05, 0) is 12.8 Å². The van der Waals surface area contributed by atoms with Gasteiger partial charge in [-0.2, -0.15) is 10.1 Å². The molecule has 0 aromatic carbocycles. The summed E-state index contributed by atoms with van der Waals surface area (Å²) >= 11 is 0. The zero-order chi connectivity index (χ0) is 10.1. The van der Waals surface area contributed by atoms with Gasteiger partial charge in [0, 0.05) is 6.08 Å². The predicted octanol–water partition coefficient (Wildman–Crippen LogP) is 1.73. The van der Waals surface area contributed by atoms with Gasteiger partial charge in [0.25, 0.3) is 0 Å². The first-order valence-electron chi connectivity index (χ1n) is 4.09. The molecule has 0 atom stereocenters. The van der Waals surface area contributed by atoms with E-state index in [0.29, 0.717) is 12.0 Å². The van der Waals surface area contributed by atoms with Gasteiger partial charge in [0.2, 0.25) is 0 Å². The number of nitriles is 1. The number of hydrogen-bond donors (Lipinski definition) is 0. The molecule has 0 aliphatic heterocycles. The Labute approximate surface area is 77.7 Å². The van der Waals surface area contributed by atoms with Gasteiger partial charge in [0.1, 0.15) is 0 Å². The second kappa shape index (κ2) is 7.32. The molecular formula is C9H13NO3. The highest BCUT2D eigenvalue weighted by molar-refractivity contribution is 5.88. The number of unbranched alkanes of at least 4 members (excludes halogenated alkanes) is 1. The topological polar surface area (TPSA) is 59.3 Å². The molecule has 0 aromatic heterocycles. The fraction of sp³-hybridized carbons (Fsp3) is 0.556. The Hall–Kier alpha value is -1.34. The molecule has 0 unspecified atom stereocenters. The first-order chi connectivity index (χ1) is 6.26. The second-order valence-corrected chi connectivity index (χ2v) is 2.44. The molecule has 4 heteroatoms. The van der Waals surface area contributed by atoms with E-state index in [-0.39, 0.29) is 0 Å². The molecular weight excluding hydrogens is 170 g/mol. The Balaban J connectivity index is 4.18. The minimum absolute atomic E-state index is 0.353. The molecule has 0 amide bonds. The van der Waals surface area contributed by atoms with Crippen molar-refractivity contribution in [3.8, 4) is 6.07 Å². The molecule has 0 saturated heterocycles. The number of allylic oxidation sites excluding steroid dienone is 1. The van der Waals surface area contributed by atoms with E-state index in [1.54, 1.807) is 6.07 Å². The van der Waals surface area contributed by atoms with Crippen LogP contribution in [-0.2, 0) is 14.6 Å². The molecule has 0 rings (SSSR count). The smallest absolute Gasteiger partial charge is 0.293 e. The summed E-state index contributed by atoms with van der Waals surface area (Å²) in [4.78, 5) is 19.6. The maximum absolute atomic E-state index is 11.1. The number of rotatable bonds is 5. The van der Waals surface area contributed by atoms with Crippen molar-refractivity contribution in [1.29, 1.82) is 5.26 Å². The van der Waals surface area contributed by atoms with Crippen molar-refractivity contribution in [2.45, 2.75) is 26.2 Å². The molecule has 0 bridgehead atoms. The Morgan fingerprint density at radius 2 is 2.31 bits per heavy atom. The molecule has 0 saturated carbocycles. The van der Waals surface area contributed by atoms with Gasteiger partial charge in [0.15, 0.2) is 0 Å². The number of carbonyl (C=O) groups excluding carboxylic acids is 1. The second-order valence-electron chi connectivity index (χ2n) is 2.44. The maximum atomic E-state index is 11.1. The summed E-state index contributed by atoms with van der Waals surface area (Å²) in [6.07, 6.45) is 3.55. The molecule has 13 heavy (non-hydrogen) atoms. The van der Waals surface area contributed by atoms with Crippen LogP contribution in [0.4, 0.5) is 0 Å². The van der Waals surface area contributed by atoms with E-state index in [1.807, 2.05) is 6.92 Å². The van der Waals surface area contributed by atoms with E-state index in [2.05, 4.69) is 9.78 Å². The third-order valence-corrected chi connectivity index (χ3v) is 1.46. The van der Waals surface area contributed by atoms with Gasteiger partial charge >= 0.3 is 5.97 Å². The van der Waals surface area contributed by atoms with Crippen molar-refractivity contribution in [3.63, 3.8) is 0 Å². The third-order valence-electron chi connectivity index (χ3n) is 1.46. The van der Waals surface area contributed by atoms with E-state index < -0.39 is 5.97 Å². The van der Waals surface area contributed by atoms with Gasteiger partial charge in [-0.25, -0.2) is 4.79 Å². The summed E-state index contributed by atoms with van der Waals surface area (Å²) < 4.78 is 0. The molecule has 0 heterocycles. The molecule has 0 aliphatic carbocycles. The van der Waals surface area contributed by atoms with Crippen molar-refractivity contribution in [2.24, 2.45) is 0 Å². The summed E-state index contributed by atoms with van der Waals surface area (Å²) in [5.41, 5.74) is 0.353. The van der Waals surface area contributed by atoms with Crippen LogP contribution in [0, 0.1) is 11.3 Å². The highest BCUT2D eigenvalue weighted by Crippen LogP contribution is 2.08. The monoisotopic (exact) mass is 183 g/mol. The number of carbonyl (C=O) groups is 1. The highest BCUT2D eigenvalue weighted by Gasteiger charge is 2.10. The fourth-order valence-electron chi connectivity index (χ4n) is 0.808. The average molecular weight is 183 g/mol. The first-order valence-corrected chi connectivity index (χ1v) is 4.09. The van der Waals surface area contributed by atoms with Gasteiger partial charge in [-0.15, -0.1) is 0 Å². The lowest BCUT2D eigenvalue weighted by molar-refractivity contribution is -0.250. The summed E-state index contributed by atoms with van der Waals surface area (Å²) in [6.45, 7) is 2.01. The zero-order valence-electron chi connectivity index (χ0n) is 7.87. The van der Waals surface area contributed by atoms with Crippen LogP contribution in [-0.4, -0.2) is 13.1 Å². The van der Waals surface area contributed by atoms with Crippen LogP contribution in [0.15, 0.2) is 11.6 Å². The van der Waals surface area contributed by atoms with Crippen LogP contribution in [0.1, 0.15) is 26.2 Å². The van der Waals surface area contributed by atoms with E-state index >= 15 is 0 Å². The maximum Gasteiger partial charge on any atom is 0.369 e. The van der Waals surface area contributed by atoms with Gasteiger partial charge in [-0.3, -0.25) is 4.89 Å². The highest BCUT2D eigenvalue weighted by atomic mass is 17.2. The molecule has 4 nitrogen and oxygen atoms in total. The average Bonchev–Trinajstić information content (AvgIpc) is 2.12. The quantitative estimate of drug-likeness (QED) is 0.282. The van der Waals surface area contributed by atoms with Gasteiger partial charge < -0.3 is 0 Å². The summed E-state index contributed by atoms with van der Waals surface area (Å²) in [5.74, 6) is -0.586. The largest absolute Gasteiger partial charge is 0.369 e. The van der Waals surface area contributed by atoms with Gasteiger partial charge in [0.05, 0.1) is 18.8 Å². The Bertz CT molecular complexity index is 228. The van der Waals surface area contributed by atoms with Crippen LogP contribution in [0.25, 0.3) is 0 Å². The lowest BCUT2D eigenvalue weighted by atomic mass is 10.1. The molecule has 0 radical (unpaired) electrons. The zero-order valence-corrected chi connectivity index (χ0v) is 7.87. The third kappa shape index (κ3) is 4.99. The molecule has 0 spiro atoms. The van der Waals surface area contributed by atoms with Crippen molar-refractivity contribution < 1.29 is 14.6 Å². The van der Waals surface area contributed by atoms with E-state index in [0.717, 1.165) is 12.8 Å². The van der Waals surface area contributed by atoms with E-state index in [9.17, 15) is 4.79 Å². The van der Waals surface area contributed by atoms with E-state index in [4.69, 9.17) is 5.26 Å². The van der Waals surface area contributed by atoms with Gasteiger partial charge in [-0.1, -0.05) is 13.3 Å². The van der Waals surface area contributed by atoms with Crippen LogP contribution >= 0.6 is 0 Å². The van der Waals surface area contributed by atoms with Crippen molar-refractivity contribution in [3.05, 3.63) is 11.6 Å². The van der Waals surface area contributed by atoms with E-state index in [1.165, 1.54) is 13.2 Å². The van der Waals surface area contributed by atoms with Crippen molar-refractivity contribution in [1.82, 2.24) is 0 Å². The van der Waals surface area contributed by atoms with Crippen molar-refractivity contribution >= 4 is 5.97 Å². The first kappa shape index (κ1) is 11.7. The molecule has 0 aromatic rings. The Kier molecular flexibility index (Phi) is 6.56. The minimum atomic E-state index is -0.586. The van der Waals surface area contributed by atoms with Crippen molar-refractivity contribution in [2.75, 3.05) is 7.11 Å². The molecule has 0 aliphatic rings. The number of hydrogen-bond acceptors (Lipinski definition) is 4. The molecule has 72 valence electrons. The lowest BCUT2D eigenvalue weighted by Gasteiger charge is -2.02.